The summed E-state index contributed by atoms with van der Waals surface area (Å²) in [5.41, 5.74) is 3.26. The first-order valence-corrected chi connectivity index (χ1v) is 9.31. The maximum Gasteiger partial charge on any atom is 0.270 e. The standard InChI is InChI=1S/C22H24N4O3/c1-4-16-7-5-6-8-17(16)25-22-23-12-11-18(26-22)21(27)24-14-15-9-10-19(28-2)20(13-15)29-3/h5-13H,4,14H2,1-3H3,(H,24,27)(H,23,25,26). The van der Waals surface area contributed by atoms with Crippen molar-refractivity contribution < 1.29 is 14.3 Å². The van der Waals surface area contributed by atoms with Gasteiger partial charge in [-0.2, -0.15) is 0 Å². The smallest absolute Gasteiger partial charge is 0.270 e. The van der Waals surface area contributed by atoms with Gasteiger partial charge in [0.25, 0.3) is 5.91 Å². The van der Waals surface area contributed by atoms with Crippen LogP contribution in [-0.4, -0.2) is 30.1 Å². The predicted molar refractivity (Wildman–Crippen MR) is 112 cm³/mol. The number of para-hydroxylation sites is 1. The number of nitrogens with zero attached hydrogens (tertiary/aromatic N) is 2. The Morgan fingerprint density at radius 2 is 1.83 bits per heavy atom. The third-order valence-corrected chi connectivity index (χ3v) is 4.43. The first-order chi connectivity index (χ1) is 14.1. The zero-order valence-electron chi connectivity index (χ0n) is 16.7. The van der Waals surface area contributed by atoms with E-state index >= 15 is 0 Å². The molecule has 0 bridgehead atoms. The van der Waals surface area contributed by atoms with Crippen molar-refractivity contribution >= 4 is 17.5 Å². The highest BCUT2D eigenvalue weighted by Crippen LogP contribution is 2.27. The molecule has 1 amide bonds. The highest BCUT2D eigenvalue weighted by Gasteiger charge is 2.11. The Hall–Kier alpha value is -3.61. The van der Waals surface area contributed by atoms with Gasteiger partial charge in [0.15, 0.2) is 11.5 Å². The van der Waals surface area contributed by atoms with Gasteiger partial charge in [0, 0.05) is 18.4 Å². The van der Waals surface area contributed by atoms with E-state index in [9.17, 15) is 4.79 Å². The SMILES string of the molecule is CCc1ccccc1Nc1nccc(C(=O)NCc2ccc(OC)c(OC)c2)n1. The van der Waals surface area contributed by atoms with Crippen LogP contribution in [0.5, 0.6) is 11.5 Å². The summed E-state index contributed by atoms with van der Waals surface area (Å²) < 4.78 is 10.5. The molecule has 29 heavy (non-hydrogen) atoms. The van der Waals surface area contributed by atoms with E-state index in [1.807, 2.05) is 36.4 Å². The number of anilines is 2. The summed E-state index contributed by atoms with van der Waals surface area (Å²) in [5.74, 6) is 1.35. The number of methoxy groups -OCH3 is 2. The zero-order chi connectivity index (χ0) is 20.6. The second kappa shape index (κ2) is 9.54. The Labute approximate surface area is 170 Å². The molecule has 0 spiro atoms. The highest BCUT2D eigenvalue weighted by atomic mass is 16.5. The minimum absolute atomic E-state index is 0.283. The summed E-state index contributed by atoms with van der Waals surface area (Å²) in [4.78, 5) is 21.1. The molecule has 0 saturated heterocycles. The summed E-state index contributed by atoms with van der Waals surface area (Å²) in [5, 5.41) is 6.05. The molecule has 0 fully saturated rings. The third kappa shape index (κ3) is 5.01. The number of benzene rings is 2. The zero-order valence-corrected chi connectivity index (χ0v) is 16.7. The number of carbonyl (C=O) groups excluding carboxylic acids is 1. The molecule has 0 atom stereocenters. The van der Waals surface area contributed by atoms with E-state index in [2.05, 4.69) is 27.5 Å². The summed E-state index contributed by atoms with van der Waals surface area (Å²) >= 11 is 0. The Balaban J connectivity index is 1.68. The maximum atomic E-state index is 12.5. The summed E-state index contributed by atoms with van der Waals surface area (Å²) in [6.07, 6.45) is 2.45. The second-order valence-electron chi connectivity index (χ2n) is 6.27. The molecule has 0 unspecified atom stereocenters. The lowest BCUT2D eigenvalue weighted by Gasteiger charge is -2.11. The molecule has 7 nitrogen and oxygen atoms in total. The lowest BCUT2D eigenvalue weighted by atomic mass is 10.1. The number of hydrogen-bond donors (Lipinski definition) is 2. The van der Waals surface area contributed by atoms with Gasteiger partial charge in [-0.3, -0.25) is 4.79 Å². The molecule has 2 aromatic carbocycles. The van der Waals surface area contributed by atoms with E-state index in [1.165, 1.54) is 0 Å². The molecule has 150 valence electrons. The molecule has 1 heterocycles. The molecule has 0 saturated carbocycles. The van der Waals surface area contributed by atoms with Crippen molar-refractivity contribution in [2.45, 2.75) is 19.9 Å². The molecule has 3 aromatic rings. The van der Waals surface area contributed by atoms with Crippen LogP contribution in [0.2, 0.25) is 0 Å². The van der Waals surface area contributed by atoms with E-state index in [0.29, 0.717) is 24.0 Å². The van der Waals surface area contributed by atoms with E-state index in [-0.39, 0.29) is 11.6 Å². The topological polar surface area (TPSA) is 85.4 Å². The molecule has 0 aliphatic carbocycles. The molecule has 2 N–H and O–H groups in total. The van der Waals surface area contributed by atoms with Gasteiger partial charge < -0.3 is 20.1 Å². The van der Waals surface area contributed by atoms with Crippen molar-refractivity contribution in [3.8, 4) is 11.5 Å². The fraction of sp³-hybridized carbons (Fsp3) is 0.227. The van der Waals surface area contributed by atoms with Crippen LogP contribution in [-0.2, 0) is 13.0 Å². The maximum absolute atomic E-state index is 12.5. The lowest BCUT2D eigenvalue weighted by molar-refractivity contribution is 0.0946. The molecule has 3 rings (SSSR count). The van der Waals surface area contributed by atoms with Gasteiger partial charge in [-0.15, -0.1) is 0 Å². The van der Waals surface area contributed by atoms with Crippen molar-refractivity contribution in [2.75, 3.05) is 19.5 Å². The fourth-order valence-corrected chi connectivity index (χ4v) is 2.88. The molecule has 0 aliphatic rings. The number of rotatable bonds is 8. The van der Waals surface area contributed by atoms with Crippen LogP contribution in [0.25, 0.3) is 0 Å². The number of nitrogens with one attached hydrogen (secondary N) is 2. The van der Waals surface area contributed by atoms with Crippen molar-refractivity contribution in [3.63, 3.8) is 0 Å². The molecule has 0 radical (unpaired) electrons. The number of hydrogen-bond acceptors (Lipinski definition) is 6. The summed E-state index contributed by atoms with van der Waals surface area (Å²) in [6, 6.07) is 15.0. The van der Waals surface area contributed by atoms with Crippen LogP contribution in [0.1, 0.15) is 28.5 Å². The van der Waals surface area contributed by atoms with Crippen molar-refractivity contribution in [1.82, 2.24) is 15.3 Å². The number of ether oxygens (including phenoxy) is 2. The van der Waals surface area contributed by atoms with Crippen LogP contribution < -0.4 is 20.1 Å². The Morgan fingerprint density at radius 1 is 1.03 bits per heavy atom. The quantitative estimate of drug-likeness (QED) is 0.608. The summed E-state index contributed by atoms with van der Waals surface area (Å²) in [6.45, 7) is 2.42. The van der Waals surface area contributed by atoms with Gasteiger partial charge in [-0.05, 0) is 41.8 Å². The molecule has 7 heteroatoms. The monoisotopic (exact) mass is 392 g/mol. The van der Waals surface area contributed by atoms with Crippen LogP contribution in [0, 0.1) is 0 Å². The van der Waals surface area contributed by atoms with Gasteiger partial charge in [0.2, 0.25) is 5.95 Å². The third-order valence-electron chi connectivity index (χ3n) is 4.43. The summed E-state index contributed by atoms with van der Waals surface area (Å²) in [7, 11) is 3.16. The van der Waals surface area contributed by atoms with E-state index < -0.39 is 0 Å². The van der Waals surface area contributed by atoms with Gasteiger partial charge in [-0.1, -0.05) is 31.2 Å². The Kier molecular flexibility index (Phi) is 6.63. The van der Waals surface area contributed by atoms with Gasteiger partial charge >= 0.3 is 0 Å². The van der Waals surface area contributed by atoms with Crippen LogP contribution in [0.15, 0.2) is 54.7 Å². The second-order valence-corrected chi connectivity index (χ2v) is 6.27. The first-order valence-electron chi connectivity index (χ1n) is 9.31. The van der Waals surface area contributed by atoms with Crippen LogP contribution in [0.4, 0.5) is 11.6 Å². The highest BCUT2D eigenvalue weighted by molar-refractivity contribution is 5.92. The number of aryl methyl sites for hydroxylation is 1. The Morgan fingerprint density at radius 3 is 2.59 bits per heavy atom. The van der Waals surface area contributed by atoms with Gasteiger partial charge in [0.1, 0.15) is 5.69 Å². The van der Waals surface area contributed by atoms with Crippen molar-refractivity contribution in [2.24, 2.45) is 0 Å². The van der Waals surface area contributed by atoms with Crippen LogP contribution in [0.3, 0.4) is 0 Å². The molecule has 0 aliphatic heterocycles. The first kappa shape index (κ1) is 20.1. The molecular weight excluding hydrogens is 368 g/mol. The van der Waals surface area contributed by atoms with Crippen molar-refractivity contribution in [1.29, 1.82) is 0 Å². The minimum atomic E-state index is -0.283. The van der Waals surface area contributed by atoms with Crippen LogP contribution >= 0.6 is 0 Å². The van der Waals surface area contributed by atoms with E-state index in [1.54, 1.807) is 32.5 Å². The number of aromatic nitrogens is 2. The van der Waals surface area contributed by atoms with Gasteiger partial charge in [-0.25, -0.2) is 9.97 Å². The Bertz CT molecular complexity index is 991. The fourth-order valence-electron chi connectivity index (χ4n) is 2.88. The average Bonchev–Trinajstić information content (AvgIpc) is 2.77. The minimum Gasteiger partial charge on any atom is -0.493 e. The predicted octanol–water partition coefficient (Wildman–Crippen LogP) is 3.73. The van der Waals surface area contributed by atoms with Crippen molar-refractivity contribution in [3.05, 3.63) is 71.5 Å². The normalized spacial score (nSPS) is 10.3. The number of carbonyl (C=O) groups is 1. The van der Waals surface area contributed by atoms with E-state index in [0.717, 1.165) is 23.2 Å². The average molecular weight is 392 g/mol. The van der Waals surface area contributed by atoms with E-state index in [4.69, 9.17) is 9.47 Å². The largest absolute Gasteiger partial charge is 0.493 e. The number of amides is 1. The molecular formula is C22H24N4O3. The molecule has 1 aromatic heterocycles. The lowest BCUT2D eigenvalue weighted by Crippen LogP contribution is -2.24. The van der Waals surface area contributed by atoms with Gasteiger partial charge in [0.05, 0.1) is 14.2 Å².